The molecule has 2 N–H and O–H groups in total. The lowest BCUT2D eigenvalue weighted by molar-refractivity contribution is 0.00645. The maximum Gasteiger partial charge on any atom is 0.410 e. The van der Waals surface area contributed by atoms with Crippen LogP contribution in [0.15, 0.2) is 0 Å². The number of ether oxygens (including phenoxy) is 1. The third-order valence-corrected chi connectivity index (χ3v) is 2.56. The fraction of sp³-hybridized carbons (Fsp3) is 0.909. The van der Waals surface area contributed by atoms with Crippen LogP contribution < -0.4 is 0 Å². The number of carbonyl (C=O) groups is 1. The molecular weight excluding hydrogens is 210 g/mol. The highest BCUT2D eigenvalue weighted by atomic mass is 16.6. The summed E-state index contributed by atoms with van der Waals surface area (Å²) in [7, 11) is 0. The van der Waals surface area contributed by atoms with Gasteiger partial charge in [0.15, 0.2) is 0 Å². The Hall–Kier alpha value is -0.810. The number of rotatable bonds is 2. The van der Waals surface area contributed by atoms with E-state index in [4.69, 9.17) is 9.84 Å². The predicted molar refractivity (Wildman–Crippen MR) is 59.1 cm³/mol. The maximum absolute atomic E-state index is 11.7. The Kier molecular flexibility index (Phi) is 3.80. The molecule has 1 aliphatic heterocycles. The largest absolute Gasteiger partial charge is 0.444 e. The molecule has 16 heavy (non-hydrogen) atoms. The minimum atomic E-state index is -0.953. The van der Waals surface area contributed by atoms with Crippen LogP contribution in [-0.2, 0) is 4.74 Å². The van der Waals surface area contributed by atoms with E-state index in [0.29, 0.717) is 19.4 Å². The Morgan fingerprint density at radius 2 is 2.12 bits per heavy atom. The standard InChI is InChI=1S/C11H21NO4/c1-10(2,3)16-9(14)12-6-4-11(15,8-12)5-7-13/h13,15H,4-8H2,1-3H3/t11-/m0/s1. The Balaban J connectivity index is 2.50. The van der Waals surface area contributed by atoms with Gasteiger partial charge in [0.2, 0.25) is 0 Å². The van der Waals surface area contributed by atoms with Crippen LogP contribution in [0.2, 0.25) is 0 Å². The van der Waals surface area contributed by atoms with Gasteiger partial charge in [-0.05, 0) is 27.2 Å². The molecule has 1 aliphatic rings. The molecule has 94 valence electrons. The van der Waals surface area contributed by atoms with Gasteiger partial charge in [-0.25, -0.2) is 4.79 Å². The number of aliphatic hydroxyl groups is 2. The summed E-state index contributed by atoms with van der Waals surface area (Å²) < 4.78 is 5.21. The number of hydrogen-bond acceptors (Lipinski definition) is 4. The number of β-amino-alcohol motifs (C(OH)–C–C–N with tert-alkyl or cyclic N) is 1. The highest BCUT2D eigenvalue weighted by Crippen LogP contribution is 2.25. The smallest absolute Gasteiger partial charge is 0.410 e. The normalized spacial score (nSPS) is 25.9. The molecule has 1 atom stereocenters. The van der Waals surface area contributed by atoms with Gasteiger partial charge >= 0.3 is 6.09 Å². The van der Waals surface area contributed by atoms with E-state index in [-0.39, 0.29) is 13.2 Å². The first-order chi connectivity index (χ1) is 7.26. The van der Waals surface area contributed by atoms with Crippen molar-refractivity contribution >= 4 is 6.09 Å². The summed E-state index contributed by atoms with van der Waals surface area (Å²) in [5.74, 6) is 0. The van der Waals surface area contributed by atoms with Crippen LogP contribution in [0.3, 0.4) is 0 Å². The van der Waals surface area contributed by atoms with Crippen LogP contribution in [0.25, 0.3) is 0 Å². The highest BCUT2D eigenvalue weighted by molar-refractivity contribution is 5.68. The van der Waals surface area contributed by atoms with Crippen molar-refractivity contribution in [2.24, 2.45) is 0 Å². The average molecular weight is 231 g/mol. The lowest BCUT2D eigenvalue weighted by Crippen LogP contribution is -2.39. The van der Waals surface area contributed by atoms with E-state index < -0.39 is 17.3 Å². The molecular formula is C11H21NO4. The van der Waals surface area contributed by atoms with E-state index in [0.717, 1.165) is 0 Å². The molecule has 5 heteroatoms. The second kappa shape index (κ2) is 4.59. The zero-order chi connectivity index (χ0) is 12.4. The topological polar surface area (TPSA) is 70.0 Å². The Morgan fingerprint density at radius 1 is 1.50 bits per heavy atom. The van der Waals surface area contributed by atoms with Gasteiger partial charge in [-0.2, -0.15) is 0 Å². The number of nitrogens with zero attached hydrogens (tertiary/aromatic N) is 1. The summed E-state index contributed by atoms with van der Waals surface area (Å²) in [6.07, 6.45) is 0.389. The lowest BCUT2D eigenvalue weighted by Gasteiger charge is -2.26. The van der Waals surface area contributed by atoms with E-state index in [1.54, 1.807) is 20.8 Å². The molecule has 0 bridgehead atoms. The van der Waals surface area contributed by atoms with Crippen LogP contribution >= 0.6 is 0 Å². The third-order valence-electron chi connectivity index (χ3n) is 2.56. The van der Waals surface area contributed by atoms with Crippen LogP contribution in [0.4, 0.5) is 4.79 Å². The van der Waals surface area contributed by atoms with E-state index in [1.807, 2.05) is 0 Å². The van der Waals surface area contributed by atoms with Crippen LogP contribution in [0, 0.1) is 0 Å². The van der Waals surface area contributed by atoms with Crippen molar-refractivity contribution in [1.82, 2.24) is 4.90 Å². The molecule has 0 aromatic heterocycles. The van der Waals surface area contributed by atoms with Gasteiger partial charge in [-0.15, -0.1) is 0 Å². The SMILES string of the molecule is CC(C)(C)OC(=O)N1CC[C@](O)(CCO)C1. The number of amides is 1. The van der Waals surface area contributed by atoms with Gasteiger partial charge in [0, 0.05) is 19.6 Å². The molecule has 0 saturated carbocycles. The molecule has 1 heterocycles. The van der Waals surface area contributed by atoms with Gasteiger partial charge < -0.3 is 19.8 Å². The van der Waals surface area contributed by atoms with Crippen molar-refractivity contribution in [1.29, 1.82) is 0 Å². The summed E-state index contributed by atoms with van der Waals surface area (Å²) in [5, 5.41) is 18.8. The molecule has 1 rings (SSSR count). The molecule has 1 saturated heterocycles. The highest BCUT2D eigenvalue weighted by Gasteiger charge is 2.39. The monoisotopic (exact) mass is 231 g/mol. The van der Waals surface area contributed by atoms with Crippen LogP contribution in [0.1, 0.15) is 33.6 Å². The molecule has 0 aromatic carbocycles. The Morgan fingerprint density at radius 3 is 2.62 bits per heavy atom. The fourth-order valence-corrected chi connectivity index (χ4v) is 1.75. The molecule has 0 aliphatic carbocycles. The van der Waals surface area contributed by atoms with Crippen molar-refractivity contribution in [3.05, 3.63) is 0 Å². The Bertz CT molecular complexity index is 261. The molecule has 1 fully saturated rings. The molecule has 5 nitrogen and oxygen atoms in total. The van der Waals surface area contributed by atoms with Crippen molar-refractivity contribution in [3.8, 4) is 0 Å². The van der Waals surface area contributed by atoms with E-state index in [1.165, 1.54) is 4.90 Å². The molecule has 0 spiro atoms. The number of hydrogen-bond donors (Lipinski definition) is 2. The quantitative estimate of drug-likeness (QED) is 0.735. The van der Waals surface area contributed by atoms with Gasteiger partial charge in [-0.3, -0.25) is 0 Å². The van der Waals surface area contributed by atoms with Crippen molar-refractivity contribution in [2.75, 3.05) is 19.7 Å². The fourth-order valence-electron chi connectivity index (χ4n) is 1.75. The summed E-state index contributed by atoms with van der Waals surface area (Å²) in [5.41, 5.74) is -1.47. The molecule has 0 aromatic rings. The van der Waals surface area contributed by atoms with Gasteiger partial charge in [0.1, 0.15) is 5.60 Å². The second-order valence-electron chi connectivity index (χ2n) is 5.35. The summed E-state index contributed by atoms with van der Waals surface area (Å²) in [6.45, 7) is 6.06. The van der Waals surface area contributed by atoms with Gasteiger partial charge in [0.05, 0.1) is 12.1 Å². The molecule has 1 amide bonds. The summed E-state index contributed by atoms with van der Waals surface area (Å²) >= 11 is 0. The first kappa shape index (κ1) is 13.3. The zero-order valence-electron chi connectivity index (χ0n) is 10.2. The third kappa shape index (κ3) is 3.64. The van der Waals surface area contributed by atoms with Crippen LogP contribution in [-0.4, -0.2) is 52.1 Å². The first-order valence-corrected chi connectivity index (χ1v) is 5.57. The molecule has 0 radical (unpaired) electrons. The summed E-state index contributed by atoms with van der Waals surface area (Å²) in [6, 6.07) is 0. The number of carbonyl (C=O) groups excluding carboxylic acids is 1. The van der Waals surface area contributed by atoms with E-state index >= 15 is 0 Å². The summed E-state index contributed by atoms with van der Waals surface area (Å²) in [4.78, 5) is 13.2. The van der Waals surface area contributed by atoms with Gasteiger partial charge in [-0.1, -0.05) is 0 Å². The minimum Gasteiger partial charge on any atom is -0.444 e. The van der Waals surface area contributed by atoms with Crippen molar-refractivity contribution in [2.45, 2.75) is 44.8 Å². The van der Waals surface area contributed by atoms with Crippen molar-refractivity contribution in [3.63, 3.8) is 0 Å². The predicted octanol–water partition coefficient (Wildman–Crippen LogP) is 0.741. The first-order valence-electron chi connectivity index (χ1n) is 5.57. The van der Waals surface area contributed by atoms with Crippen LogP contribution in [0.5, 0.6) is 0 Å². The second-order valence-corrected chi connectivity index (χ2v) is 5.35. The zero-order valence-corrected chi connectivity index (χ0v) is 10.2. The number of likely N-dealkylation sites (tertiary alicyclic amines) is 1. The number of aliphatic hydroxyl groups excluding tert-OH is 1. The average Bonchev–Trinajstić information content (AvgIpc) is 2.45. The van der Waals surface area contributed by atoms with Crippen molar-refractivity contribution < 1.29 is 19.7 Å². The lowest BCUT2D eigenvalue weighted by atomic mass is 10.00. The molecule has 0 unspecified atom stereocenters. The van der Waals surface area contributed by atoms with E-state index in [9.17, 15) is 9.90 Å². The Labute approximate surface area is 96.0 Å². The minimum absolute atomic E-state index is 0.0708. The van der Waals surface area contributed by atoms with E-state index in [2.05, 4.69) is 0 Å². The van der Waals surface area contributed by atoms with Gasteiger partial charge in [0.25, 0.3) is 0 Å². The maximum atomic E-state index is 11.7.